The minimum absolute atomic E-state index is 0.173. The number of anilines is 1. The molecule has 11 nitrogen and oxygen atoms in total. The molecule has 5 rings (SSSR count). The molecule has 2 bridgehead atoms. The molecule has 4 heterocycles. The van der Waals surface area contributed by atoms with Crippen molar-refractivity contribution in [1.29, 1.82) is 0 Å². The summed E-state index contributed by atoms with van der Waals surface area (Å²) in [5.41, 5.74) is 7.90. The third-order valence-electron chi connectivity index (χ3n) is 8.98. The van der Waals surface area contributed by atoms with E-state index in [1.807, 2.05) is 45.9 Å². The molecule has 3 saturated heterocycles. The van der Waals surface area contributed by atoms with Gasteiger partial charge in [-0.3, -0.25) is 15.1 Å². The van der Waals surface area contributed by atoms with Crippen LogP contribution in [0.15, 0.2) is 120 Å². The number of benzene rings is 1. The Labute approximate surface area is 315 Å². The predicted octanol–water partition coefficient (Wildman–Crippen LogP) is 6.24. The molecule has 0 radical (unpaired) electrons. The van der Waals surface area contributed by atoms with Gasteiger partial charge in [-0.05, 0) is 93.3 Å². The number of hydrazone groups is 1. The van der Waals surface area contributed by atoms with E-state index in [0.717, 1.165) is 73.8 Å². The number of fused-ring (bicyclic) bond motifs is 2. The largest absolute Gasteiger partial charge is 0.388 e. The molecule has 3 atom stereocenters. The van der Waals surface area contributed by atoms with Gasteiger partial charge in [-0.1, -0.05) is 32.2 Å². The van der Waals surface area contributed by atoms with Gasteiger partial charge in [0.15, 0.2) is 5.82 Å². The molecule has 3 aliphatic rings. The number of hydrogen-bond acceptors (Lipinski definition) is 10. The lowest BCUT2D eigenvalue weighted by Crippen LogP contribution is -2.51. The van der Waals surface area contributed by atoms with E-state index < -0.39 is 0 Å². The van der Waals surface area contributed by atoms with Crippen LogP contribution in [0.3, 0.4) is 0 Å². The fourth-order valence-corrected chi connectivity index (χ4v) is 6.14. The van der Waals surface area contributed by atoms with Gasteiger partial charge >= 0.3 is 0 Å². The van der Waals surface area contributed by atoms with E-state index in [0.29, 0.717) is 18.6 Å². The molecule has 2 N–H and O–H groups in total. The number of piperazine rings is 1. The lowest BCUT2D eigenvalue weighted by Gasteiger charge is -2.36. The van der Waals surface area contributed by atoms with Gasteiger partial charge < -0.3 is 24.6 Å². The monoisotopic (exact) mass is 728 g/mol. The van der Waals surface area contributed by atoms with Crippen molar-refractivity contribution in [3.8, 4) is 11.4 Å². The Kier molecular flexibility index (Phi) is 20.0. The van der Waals surface area contributed by atoms with Crippen LogP contribution in [-0.2, 0) is 14.3 Å². The molecule has 0 spiro atoms. The second-order valence-corrected chi connectivity index (χ2v) is 12.5. The predicted molar refractivity (Wildman–Crippen MR) is 215 cm³/mol. The number of amides is 1. The molecule has 1 amide bonds. The van der Waals surface area contributed by atoms with Gasteiger partial charge in [0.1, 0.15) is 6.79 Å². The molecular weight excluding hydrogens is 672 g/mol. The van der Waals surface area contributed by atoms with Gasteiger partial charge in [0, 0.05) is 88.1 Å². The fraction of sp³-hybridized carbons (Fsp3) is 0.390. The highest BCUT2D eigenvalue weighted by Crippen LogP contribution is 2.35. The van der Waals surface area contributed by atoms with Gasteiger partial charge in [0.2, 0.25) is 5.91 Å². The van der Waals surface area contributed by atoms with Crippen LogP contribution >= 0.6 is 0 Å². The van der Waals surface area contributed by atoms with Crippen LogP contribution in [0, 0.1) is 0 Å². The third-order valence-corrected chi connectivity index (χ3v) is 8.98. The maximum atomic E-state index is 12.8. The molecule has 1 aromatic carbocycles. The van der Waals surface area contributed by atoms with Crippen molar-refractivity contribution in [2.24, 2.45) is 5.10 Å². The normalized spacial score (nSPS) is 19.8. The van der Waals surface area contributed by atoms with Crippen molar-refractivity contribution >= 4 is 25.1 Å². The van der Waals surface area contributed by atoms with E-state index in [-0.39, 0.29) is 17.8 Å². The molecule has 0 aliphatic carbocycles. The number of carbonyl (C=O) groups is 2. The Morgan fingerprint density at radius 1 is 1.02 bits per heavy atom. The van der Waals surface area contributed by atoms with Crippen LogP contribution in [0.1, 0.15) is 40.0 Å². The number of nitrogens with one attached hydrogen (secondary N) is 2. The van der Waals surface area contributed by atoms with Gasteiger partial charge in [-0.15, -0.1) is 0 Å². The summed E-state index contributed by atoms with van der Waals surface area (Å²) in [7, 11) is 3.60. The lowest BCUT2D eigenvalue weighted by molar-refractivity contribution is -0.133. The van der Waals surface area contributed by atoms with Gasteiger partial charge in [0.05, 0.1) is 24.5 Å². The molecular formula is C41H57FN8O3. The quantitative estimate of drug-likeness (QED) is 0.141. The average molecular weight is 729 g/mol. The van der Waals surface area contributed by atoms with Crippen LogP contribution in [0.2, 0.25) is 0 Å². The van der Waals surface area contributed by atoms with E-state index in [1.54, 1.807) is 37.7 Å². The number of ether oxygens (including phenoxy) is 1. The minimum Gasteiger partial charge on any atom is -0.388 e. The number of methoxy groups -OCH3 is 1. The van der Waals surface area contributed by atoms with Crippen LogP contribution in [0.4, 0.5) is 10.1 Å². The second kappa shape index (κ2) is 24.1. The zero-order valence-corrected chi connectivity index (χ0v) is 32.0. The van der Waals surface area contributed by atoms with Crippen molar-refractivity contribution in [2.45, 2.75) is 58.2 Å². The molecule has 53 heavy (non-hydrogen) atoms. The number of carbonyl (C=O) groups excluding carboxylic acids is 2. The minimum atomic E-state index is -0.173. The van der Waals surface area contributed by atoms with Crippen LogP contribution in [-0.4, -0.2) is 104 Å². The Hall–Kier alpha value is -5.20. The number of nitrogens with zero attached hydrogens (tertiary/aromatic N) is 6. The Balaban J connectivity index is 0.000000337. The van der Waals surface area contributed by atoms with Crippen LogP contribution < -0.4 is 15.6 Å². The smallest absolute Gasteiger partial charge is 0.237 e. The fourth-order valence-electron chi connectivity index (χ4n) is 6.14. The average Bonchev–Trinajstić information content (AvgIpc) is 3.94. The lowest BCUT2D eigenvalue weighted by atomic mass is 10.1. The maximum absolute atomic E-state index is 12.8. The molecule has 12 heteroatoms. The van der Waals surface area contributed by atoms with Crippen molar-refractivity contribution < 1.29 is 18.7 Å². The third kappa shape index (κ3) is 14.4. The summed E-state index contributed by atoms with van der Waals surface area (Å²) in [5, 5.41) is 6.50. The molecule has 3 aliphatic heterocycles. The Morgan fingerprint density at radius 3 is 2.23 bits per heavy atom. The molecule has 286 valence electrons. The number of allylic oxidation sites excluding steroid dienone is 9. The first-order chi connectivity index (χ1) is 25.6. The van der Waals surface area contributed by atoms with E-state index in [9.17, 15) is 9.18 Å². The summed E-state index contributed by atoms with van der Waals surface area (Å²) in [6.45, 7) is 22.0. The summed E-state index contributed by atoms with van der Waals surface area (Å²) in [5.74, 6) is 0.842. The highest BCUT2D eigenvalue weighted by Gasteiger charge is 2.45. The topological polar surface area (TPSA) is 115 Å². The van der Waals surface area contributed by atoms with Crippen LogP contribution in [0.25, 0.3) is 11.4 Å². The summed E-state index contributed by atoms with van der Waals surface area (Å²) in [4.78, 5) is 36.2. The second-order valence-electron chi connectivity index (χ2n) is 12.5. The standard InChI is InChI=1S/C22H27N5O2.C9H13F.C9H15N3.CH2O/c1-29-20-7-10-25(14-20)15-21(28)27-13-18-11-19(27)12-26(18)17-5-3-16(4-6-17)22-23-8-2-9-24-22;1-4-9(5-2)7-6-8(3)10;1-5-9(10-3)7-6-8(2)12-11-4;1-2/h2-6,8-9,18-20H,7,10-15H2,1H3;4,6-7H,1,5H2,2-3H3;5-7,10,12H,1,4H2,2-3H3;1H2/b;2*8-6+,9-7+;. The number of aromatic nitrogens is 2. The van der Waals surface area contributed by atoms with E-state index in [2.05, 4.69) is 84.7 Å². The first kappa shape index (κ1) is 44.0. The van der Waals surface area contributed by atoms with E-state index >= 15 is 0 Å². The first-order valence-electron chi connectivity index (χ1n) is 17.7. The first-order valence-corrected chi connectivity index (χ1v) is 17.7. The zero-order chi connectivity index (χ0) is 39.2. The summed E-state index contributed by atoms with van der Waals surface area (Å²) in [6.07, 6.45) is 17.2. The van der Waals surface area contributed by atoms with Crippen LogP contribution in [0.5, 0.6) is 0 Å². The van der Waals surface area contributed by atoms with E-state index in [4.69, 9.17) is 9.53 Å². The highest BCUT2D eigenvalue weighted by molar-refractivity contribution is 5.80. The molecule has 3 fully saturated rings. The Morgan fingerprint density at radius 2 is 1.72 bits per heavy atom. The maximum Gasteiger partial charge on any atom is 0.237 e. The van der Waals surface area contributed by atoms with Gasteiger partial charge in [-0.2, -0.15) is 5.10 Å². The number of halogens is 1. The SMILES string of the molecule is C=C/C(=C\C=C(/C)F)CC.C=C/C(=C\C=C(/C)NN=C)NC.C=O.COC1CCN(CC(=O)N2CC3CC2CN3c2ccc(-c3ncccn3)cc2)C1. The van der Waals surface area contributed by atoms with Crippen molar-refractivity contribution in [1.82, 2.24) is 30.5 Å². The van der Waals surface area contributed by atoms with Gasteiger partial charge in [0.25, 0.3) is 0 Å². The molecule has 2 aromatic rings. The number of hydrogen-bond donors (Lipinski definition) is 2. The summed E-state index contributed by atoms with van der Waals surface area (Å²) < 4.78 is 17.5. The summed E-state index contributed by atoms with van der Waals surface area (Å²) >= 11 is 0. The number of likely N-dealkylation sites (tertiary alicyclic amines) is 2. The number of rotatable bonds is 13. The molecule has 1 aromatic heterocycles. The molecule has 3 unspecified atom stereocenters. The highest BCUT2D eigenvalue weighted by atomic mass is 19.1. The zero-order valence-electron chi connectivity index (χ0n) is 32.0. The Bertz CT molecular complexity index is 1570. The van der Waals surface area contributed by atoms with E-state index in [1.165, 1.54) is 18.7 Å². The van der Waals surface area contributed by atoms with Crippen molar-refractivity contribution in [3.05, 3.63) is 115 Å². The number of likely N-dealkylation sites (N-methyl/N-ethyl adjacent to an activating group) is 1. The summed E-state index contributed by atoms with van der Waals surface area (Å²) in [6, 6.07) is 11.0. The van der Waals surface area contributed by atoms with Crippen molar-refractivity contribution in [3.63, 3.8) is 0 Å². The van der Waals surface area contributed by atoms with Crippen molar-refractivity contribution in [2.75, 3.05) is 51.8 Å². The van der Waals surface area contributed by atoms with Gasteiger partial charge in [-0.25, -0.2) is 14.4 Å². The molecule has 0 saturated carbocycles.